The third kappa shape index (κ3) is 3.64. The molecule has 1 atom stereocenters. The van der Waals surface area contributed by atoms with E-state index in [0.29, 0.717) is 0 Å². The molecule has 2 aromatic carbocycles. The summed E-state index contributed by atoms with van der Waals surface area (Å²) in [6, 6.07) is 17.2. The molecule has 2 heteroatoms. The van der Waals surface area contributed by atoms with E-state index >= 15 is 0 Å². The van der Waals surface area contributed by atoms with Crippen LogP contribution in [-0.2, 0) is 12.8 Å². The van der Waals surface area contributed by atoms with E-state index in [-0.39, 0.29) is 6.04 Å². The summed E-state index contributed by atoms with van der Waals surface area (Å²) < 4.78 is 5.86. The molecule has 0 aliphatic heterocycles. The third-order valence-corrected chi connectivity index (χ3v) is 4.21. The Bertz CT molecular complexity index is 579. The van der Waals surface area contributed by atoms with E-state index < -0.39 is 0 Å². The fraction of sp³-hybridized carbons (Fsp3) is 0.368. The van der Waals surface area contributed by atoms with Crippen LogP contribution in [0.1, 0.15) is 42.0 Å². The minimum atomic E-state index is 0.222. The van der Waals surface area contributed by atoms with E-state index in [1.54, 1.807) is 0 Å². The summed E-state index contributed by atoms with van der Waals surface area (Å²) in [7, 11) is 0. The second-order valence-corrected chi connectivity index (χ2v) is 5.80. The fourth-order valence-corrected chi connectivity index (χ4v) is 2.98. The molecule has 110 valence electrons. The van der Waals surface area contributed by atoms with Crippen LogP contribution in [0.15, 0.2) is 48.5 Å². The van der Waals surface area contributed by atoms with Gasteiger partial charge in [-0.2, -0.15) is 0 Å². The van der Waals surface area contributed by atoms with Crippen molar-refractivity contribution in [2.45, 2.75) is 38.1 Å². The van der Waals surface area contributed by atoms with Gasteiger partial charge in [-0.1, -0.05) is 36.4 Å². The number of benzene rings is 2. The number of ether oxygens (including phenoxy) is 1. The summed E-state index contributed by atoms with van der Waals surface area (Å²) in [5, 5.41) is 0. The number of hydrogen-bond donors (Lipinski definition) is 1. The topological polar surface area (TPSA) is 35.2 Å². The molecule has 0 fully saturated rings. The normalized spacial score (nSPS) is 16.7. The lowest BCUT2D eigenvalue weighted by Crippen LogP contribution is -2.05. The molecule has 21 heavy (non-hydrogen) atoms. The molecular formula is C19H23NO. The molecule has 1 aliphatic carbocycles. The molecule has 0 radical (unpaired) electrons. The van der Waals surface area contributed by atoms with Crippen molar-refractivity contribution in [3.05, 3.63) is 65.2 Å². The van der Waals surface area contributed by atoms with Gasteiger partial charge in [-0.15, -0.1) is 0 Å². The Morgan fingerprint density at radius 1 is 1.05 bits per heavy atom. The fourth-order valence-electron chi connectivity index (χ4n) is 2.98. The summed E-state index contributed by atoms with van der Waals surface area (Å²) in [5.41, 5.74) is 10.1. The highest BCUT2D eigenvalue weighted by molar-refractivity contribution is 5.40. The van der Waals surface area contributed by atoms with Gasteiger partial charge in [-0.25, -0.2) is 0 Å². The second kappa shape index (κ2) is 6.77. The molecule has 0 aromatic heterocycles. The molecule has 0 heterocycles. The lowest BCUT2D eigenvalue weighted by molar-refractivity contribution is 0.306. The molecule has 1 aliphatic rings. The highest BCUT2D eigenvalue weighted by atomic mass is 16.5. The van der Waals surface area contributed by atoms with Gasteiger partial charge in [-0.3, -0.25) is 0 Å². The Labute approximate surface area is 126 Å². The molecule has 0 amide bonds. The zero-order valence-corrected chi connectivity index (χ0v) is 12.4. The summed E-state index contributed by atoms with van der Waals surface area (Å²) in [6.45, 7) is 0.789. The molecule has 2 aromatic rings. The van der Waals surface area contributed by atoms with Gasteiger partial charge < -0.3 is 10.5 Å². The van der Waals surface area contributed by atoms with Gasteiger partial charge in [0.05, 0.1) is 6.61 Å². The molecule has 0 saturated heterocycles. The van der Waals surface area contributed by atoms with Gasteiger partial charge in [0.2, 0.25) is 0 Å². The van der Waals surface area contributed by atoms with Crippen molar-refractivity contribution in [3.63, 3.8) is 0 Å². The Kier molecular flexibility index (Phi) is 4.56. The largest absolute Gasteiger partial charge is 0.494 e. The lowest BCUT2D eigenvalue weighted by atomic mass is 10.1. The van der Waals surface area contributed by atoms with Crippen LogP contribution in [0.3, 0.4) is 0 Å². The first kappa shape index (κ1) is 14.2. The minimum Gasteiger partial charge on any atom is -0.494 e. The number of hydrogen-bond acceptors (Lipinski definition) is 2. The van der Waals surface area contributed by atoms with Crippen molar-refractivity contribution < 1.29 is 4.74 Å². The van der Waals surface area contributed by atoms with Crippen LogP contribution >= 0.6 is 0 Å². The van der Waals surface area contributed by atoms with E-state index in [1.165, 1.54) is 23.1 Å². The average Bonchev–Trinajstić information content (AvgIpc) is 2.89. The smallest absolute Gasteiger partial charge is 0.119 e. The van der Waals surface area contributed by atoms with E-state index in [0.717, 1.165) is 38.0 Å². The van der Waals surface area contributed by atoms with Crippen LogP contribution in [0.4, 0.5) is 0 Å². The molecule has 0 bridgehead atoms. The first-order valence-corrected chi connectivity index (χ1v) is 7.88. The Balaban J connectivity index is 1.42. The maximum atomic E-state index is 6.05. The van der Waals surface area contributed by atoms with E-state index in [1.807, 2.05) is 0 Å². The van der Waals surface area contributed by atoms with E-state index in [9.17, 15) is 0 Å². The standard InChI is InChI=1S/C19H23NO/c20-19-12-9-16-14-17(10-11-18(16)19)21-13-5-4-8-15-6-2-1-3-7-15/h1-3,6-7,10-11,14,19H,4-5,8-9,12-13,20H2. The predicted molar refractivity (Wildman–Crippen MR) is 86.6 cm³/mol. The molecule has 2 N–H and O–H groups in total. The molecule has 3 rings (SSSR count). The van der Waals surface area contributed by atoms with Crippen molar-refractivity contribution in [1.82, 2.24) is 0 Å². The number of fused-ring (bicyclic) bond motifs is 1. The van der Waals surface area contributed by atoms with Crippen molar-refractivity contribution in [1.29, 1.82) is 0 Å². The second-order valence-electron chi connectivity index (χ2n) is 5.80. The van der Waals surface area contributed by atoms with Crippen molar-refractivity contribution in [2.75, 3.05) is 6.61 Å². The molecular weight excluding hydrogens is 258 g/mol. The number of nitrogens with two attached hydrogens (primary N) is 1. The van der Waals surface area contributed by atoms with Gasteiger partial charge in [0.15, 0.2) is 0 Å². The summed E-state index contributed by atoms with van der Waals surface area (Å²) in [5.74, 6) is 0.988. The minimum absolute atomic E-state index is 0.222. The third-order valence-electron chi connectivity index (χ3n) is 4.21. The Morgan fingerprint density at radius 2 is 1.90 bits per heavy atom. The van der Waals surface area contributed by atoms with Crippen LogP contribution in [0.25, 0.3) is 0 Å². The molecule has 0 spiro atoms. The zero-order chi connectivity index (χ0) is 14.5. The van der Waals surface area contributed by atoms with Crippen molar-refractivity contribution in [2.24, 2.45) is 5.73 Å². The van der Waals surface area contributed by atoms with Crippen LogP contribution in [0, 0.1) is 0 Å². The van der Waals surface area contributed by atoms with Crippen molar-refractivity contribution >= 4 is 0 Å². The van der Waals surface area contributed by atoms with E-state index in [2.05, 4.69) is 48.5 Å². The van der Waals surface area contributed by atoms with E-state index in [4.69, 9.17) is 10.5 Å². The maximum absolute atomic E-state index is 6.05. The van der Waals surface area contributed by atoms with Crippen LogP contribution in [-0.4, -0.2) is 6.61 Å². The average molecular weight is 281 g/mol. The van der Waals surface area contributed by atoms with Crippen LogP contribution in [0.5, 0.6) is 5.75 Å². The Hall–Kier alpha value is -1.80. The van der Waals surface area contributed by atoms with Crippen LogP contribution in [0.2, 0.25) is 0 Å². The SMILES string of the molecule is NC1CCc2cc(OCCCCc3ccccc3)ccc21. The monoisotopic (exact) mass is 281 g/mol. The van der Waals surface area contributed by atoms with Gasteiger partial charge >= 0.3 is 0 Å². The molecule has 1 unspecified atom stereocenters. The highest BCUT2D eigenvalue weighted by Crippen LogP contribution is 2.31. The van der Waals surface area contributed by atoms with Gasteiger partial charge in [-0.05, 0) is 60.9 Å². The van der Waals surface area contributed by atoms with Gasteiger partial charge in [0.1, 0.15) is 5.75 Å². The Morgan fingerprint density at radius 3 is 2.76 bits per heavy atom. The molecule has 2 nitrogen and oxygen atoms in total. The maximum Gasteiger partial charge on any atom is 0.119 e. The first-order chi connectivity index (χ1) is 10.3. The number of unbranched alkanes of at least 4 members (excludes halogenated alkanes) is 1. The predicted octanol–water partition coefficient (Wildman–Crippen LogP) is 4.03. The summed E-state index contributed by atoms with van der Waals surface area (Å²) in [4.78, 5) is 0. The highest BCUT2D eigenvalue weighted by Gasteiger charge is 2.18. The van der Waals surface area contributed by atoms with Gasteiger partial charge in [0, 0.05) is 6.04 Å². The van der Waals surface area contributed by atoms with Crippen molar-refractivity contribution in [3.8, 4) is 5.75 Å². The number of rotatable bonds is 6. The molecule has 0 saturated carbocycles. The zero-order valence-electron chi connectivity index (χ0n) is 12.4. The van der Waals surface area contributed by atoms with Gasteiger partial charge in [0.25, 0.3) is 0 Å². The quantitative estimate of drug-likeness (QED) is 0.811. The first-order valence-electron chi connectivity index (χ1n) is 7.88. The summed E-state index contributed by atoms with van der Waals surface area (Å²) >= 11 is 0. The lowest BCUT2D eigenvalue weighted by Gasteiger charge is -2.09. The van der Waals surface area contributed by atoms with Crippen LogP contribution < -0.4 is 10.5 Å². The number of aryl methyl sites for hydroxylation is 2. The summed E-state index contributed by atoms with van der Waals surface area (Å²) in [6.07, 6.45) is 5.53.